The van der Waals surface area contributed by atoms with E-state index >= 15 is 0 Å². The SMILES string of the molecule is Cc1ccc(C)c(-c2ccccc2C)n1. The fraction of sp³-hybridized carbons (Fsp3) is 0.214. The van der Waals surface area contributed by atoms with Crippen LogP contribution in [0.25, 0.3) is 11.3 Å². The second-order valence-electron chi connectivity index (χ2n) is 3.93. The molecule has 0 atom stereocenters. The van der Waals surface area contributed by atoms with Crippen LogP contribution < -0.4 is 0 Å². The van der Waals surface area contributed by atoms with Crippen molar-refractivity contribution in [2.45, 2.75) is 20.8 Å². The quantitative estimate of drug-likeness (QED) is 0.679. The Morgan fingerprint density at radius 2 is 1.53 bits per heavy atom. The van der Waals surface area contributed by atoms with Crippen molar-refractivity contribution in [3.8, 4) is 11.3 Å². The van der Waals surface area contributed by atoms with Crippen LogP contribution in [0.4, 0.5) is 0 Å². The molecule has 76 valence electrons. The van der Waals surface area contributed by atoms with Crippen LogP contribution in [-0.2, 0) is 0 Å². The Bertz CT molecular complexity index is 486. The van der Waals surface area contributed by atoms with Gasteiger partial charge in [0.15, 0.2) is 0 Å². The Morgan fingerprint density at radius 3 is 2.27 bits per heavy atom. The van der Waals surface area contributed by atoms with Crippen LogP contribution in [0.2, 0.25) is 0 Å². The molecule has 0 aliphatic heterocycles. The van der Waals surface area contributed by atoms with Crippen LogP contribution >= 0.6 is 0 Å². The first-order valence-electron chi connectivity index (χ1n) is 5.19. The van der Waals surface area contributed by atoms with Gasteiger partial charge in [-0.05, 0) is 38.0 Å². The standard InChI is InChI=1S/C14H15N/c1-10-6-4-5-7-13(10)14-11(2)8-9-12(3)15-14/h4-9H,1-3H3. The van der Waals surface area contributed by atoms with Crippen molar-refractivity contribution >= 4 is 0 Å². The summed E-state index contributed by atoms with van der Waals surface area (Å²) in [5.74, 6) is 0. The zero-order valence-corrected chi connectivity index (χ0v) is 9.41. The smallest absolute Gasteiger partial charge is 0.0736 e. The summed E-state index contributed by atoms with van der Waals surface area (Å²) in [7, 11) is 0. The summed E-state index contributed by atoms with van der Waals surface area (Å²) in [6.45, 7) is 6.26. The summed E-state index contributed by atoms with van der Waals surface area (Å²) in [5, 5.41) is 0. The van der Waals surface area contributed by atoms with Gasteiger partial charge in [-0.25, -0.2) is 0 Å². The van der Waals surface area contributed by atoms with E-state index < -0.39 is 0 Å². The summed E-state index contributed by atoms with van der Waals surface area (Å²) < 4.78 is 0. The number of rotatable bonds is 1. The number of benzene rings is 1. The van der Waals surface area contributed by atoms with E-state index in [4.69, 9.17) is 0 Å². The molecule has 1 aromatic carbocycles. The summed E-state index contributed by atoms with van der Waals surface area (Å²) in [4.78, 5) is 4.60. The lowest BCUT2D eigenvalue weighted by Crippen LogP contribution is -1.92. The average Bonchev–Trinajstić information content (AvgIpc) is 2.23. The molecule has 1 heteroatoms. The van der Waals surface area contributed by atoms with Gasteiger partial charge < -0.3 is 0 Å². The molecule has 0 unspecified atom stereocenters. The molecule has 0 aliphatic rings. The van der Waals surface area contributed by atoms with Crippen molar-refractivity contribution < 1.29 is 0 Å². The zero-order valence-electron chi connectivity index (χ0n) is 9.41. The van der Waals surface area contributed by atoms with Gasteiger partial charge in [0.25, 0.3) is 0 Å². The van der Waals surface area contributed by atoms with Crippen molar-refractivity contribution in [1.29, 1.82) is 0 Å². The Hall–Kier alpha value is -1.63. The third kappa shape index (κ3) is 1.91. The molecule has 0 radical (unpaired) electrons. The maximum Gasteiger partial charge on any atom is 0.0736 e. The molecular formula is C14H15N. The maximum absolute atomic E-state index is 4.60. The topological polar surface area (TPSA) is 12.9 Å². The van der Waals surface area contributed by atoms with E-state index in [1.807, 2.05) is 6.92 Å². The van der Waals surface area contributed by atoms with E-state index in [9.17, 15) is 0 Å². The van der Waals surface area contributed by atoms with E-state index in [0.717, 1.165) is 11.4 Å². The minimum atomic E-state index is 1.07. The van der Waals surface area contributed by atoms with Crippen molar-refractivity contribution in [3.05, 3.63) is 53.2 Å². The van der Waals surface area contributed by atoms with Gasteiger partial charge in [-0.3, -0.25) is 4.98 Å². The number of aromatic nitrogens is 1. The Balaban J connectivity index is 2.64. The molecule has 0 saturated heterocycles. The zero-order chi connectivity index (χ0) is 10.8. The first-order valence-corrected chi connectivity index (χ1v) is 5.19. The molecule has 0 fully saturated rings. The van der Waals surface area contributed by atoms with Gasteiger partial charge in [0, 0.05) is 11.3 Å². The van der Waals surface area contributed by atoms with Gasteiger partial charge in [0.2, 0.25) is 0 Å². The maximum atomic E-state index is 4.60. The van der Waals surface area contributed by atoms with Gasteiger partial charge >= 0.3 is 0 Å². The minimum Gasteiger partial charge on any atom is -0.253 e. The molecule has 2 aromatic rings. The lowest BCUT2D eigenvalue weighted by atomic mass is 10.0. The summed E-state index contributed by atoms with van der Waals surface area (Å²) in [5.41, 5.74) is 5.92. The fourth-order valence-corrected chi connectivity index (χ4v) is 1.74. The normalized spacial score (nSPS) is 10.3. The Morgan fingerprint density at radius 1 is 0.800 bits per heavy atom. The third-order valence-electron chi connectivity index (χ3n) is 2.64. The van der Waals surface area contributed by atoms with E-state index in [1.165, 1.54) is 16.7 Å². The highest BCUT2D eigenvalue weighted by molar-refractivity contribution is 5.66. The number of nitrogens with zero attached hydrogens (tertiary/aromatic N) is 1. The van der Waals surface area contributed by atoms with E-state index in [1.54, 1.807) is 0 Å². The fourth-order valence-electron chi connectivity index (χ4n) is 1.74. The molecule has 1 nitrogen and oxygen atoms in total. The molecule has 0 N–H and O–H groups in total. The number of hydrogen-bond donors (Lipinski definition) is 0. The average molecular weight is 197 g/mol. The predicted octanol–water partition coefficient (Wildman–Crippen LogP) is 3.67. The molecule has 1 aromatic heterocycles. The van der Waals surface area contributed by atoms with Crippen molar-refractivity contribution in [1.82, 2.24) is 4.98 Å². The van der Waals surface area contributed by atoms with Gasteiger partial charge in [-0.1, -0.05) is 30.3 Å². The molecule has 0 amide bonds. The second-order valence-corrected chi connectivity index (χ2v) is 3.93. The highest BCUT2D eigenvalue weighted by atomic mass is 14.7. The van der Waals surface area contributed by atoms with E-state index in [2.05, 4.69) is 55.2 Å². The van der Waals surface area contributed by atoms with Crippen LogP contribution in [0.15, 0.2) is 36.4 Å². The monoisotopic (exact) mass is 197 g/mol. The van der Waals surface area contributed by atoms with Crippen LogP contribution in [0.1, 0.15) is 16.8 Å². The largest absolute Gasteiger partial charge is 0.253 e. The van der Waals surface area contributed by atoms with Gasteiger partial charge in [-0.2, -0.15) is 0 Å². The van der Waals surface area contributed by atoms with Crippen LogP contribution in [0.3, 0.4) is 0 Å². The second kappa shape index (κ2) is 3.85. The van der Waals surface area contributed by atoms with Gasteiger partial charge in [0.1, 0.15) is 0 Å². The highest BCUT2D eigenvalue weighted by Crippen LogP contribution is 2.24. The first-order chi connectivity index (χ1) is 7.18. The molecule has 0 spiro atoms. The van der Waals surface area contributed by atoms with Crippen LogP contribution in [0.5, 0.6) is 0 Å². The summed E-state index contributed by atoms with van der Waals surface area (Å²) in [6, 6.07) is 12.6. The Kier molecular flexibility index (Phi) is 2.55. The van der Waals surface area contributed by atoms with E-state index in [0.29, 0.717) is 0 Å². The number of aryl methyl sites for hydroxylation is 3. The van der Waals surface area contributed by atoms with Gasteiger partial charge in [0.05, 0.1) is 5.69 Å². The summed E-state index contributed by atoms with van der Waals surface area (Å²) in [6.07, 6.45) is 0. The number of pyridine rings is 1. The Labute approximate surface area is 90.8 Å². The van der Waals surface area contributed by atoms with E-state index in [-0.39, 0.29) is 0 Å². The summed E-state index contributed by atoms with van der Waals surface area (Å²) >= 11 is 0. The van der Waals surface area contributed by atoms with Crippen molar-refractivity contribution in [2.24, 2.45) is 0 Å². The first kappa shape index (κ1) is 9.91. The molecule has 0 bridgehead atoms. The van der Waals surface area contributed by atoms with Crippen molar-refractivity contribution in [3.63, 3.8) is 0 Å². The molecular weight excluding hydrogens is 182 g/mol. The minimum absolute atomic E-state index is 1.07. The van der Waals surface area contributed by atoms with Crippen LogP contribution in [0, 0.1) is 20.8 Å². The molecule has 1 heterocycles. The lowest BCUT2D eigenvalue weighted by molar-refractivity contribution is 1.17. The number of hydrogen-bond acceptors (Lipinski definition) is 1. The van der Waals surface area contributed by atoms with Gasteiger partial charge in [-0.15, -0.1) is 0 Å². The molecule has 0 aliphatic carbocycles. The van der Waals surface area contributed by atoms with Crippen LogP contribution in [-0.4, -0.2) is 4.98 Å². The molecule has 15 heavy (non-hydrogen) atoms. The lowest BCUT2D eigenvalue weighted by Gasteiger charge is -2.08. The third-order valence-corrected chi connectivity index (χ3v) is 2.64. The predicted molar refractivity (Wildman–Crippen MR) is 63.9 cm³/mol. The molecule has 2 rings (SSSR count). The van der Waals surface area contributed by atoms with Crippen molar-refractivity contribution in [2.75, 3.05) is 0 Å². The molecule has 0 saturated carbocycles. The highest BCUT2D eigenvalue weighted by Gasteiger charge is 2.05.